The fraction of sp³-hybridized carbons (Fsp3) is 0. The van der Waals surface area contributed by atoms with E-state index in [1.54, 1.807) is 6.08 Å². The molecule has 0 heterocycles. The Kier molecular flexibility index (Phi) is 12.3. The predicted octanol–water partition coefficient (Wildman–Crippen LogP) is 18.6. The van der Waals surface area contributed by atoms with Gasteiger partial charge in [-0.1, -0.05) is 250 Å². The van der Waals surface area contributed by atoms with Crippen molar-refractivity contribution in [3.05, 3.63) is 292 Å². The van der Waals surface area contributed by atoms with E-state index in [-0.39, 0.29) is 0 Å². The van der Waals surface area contributed by atoms with E-state index in [4.69, 9.17) is 0 Å². The highest BCUT2D eigenvalue weighted by Gasteiger charge is 2.18. The molecule has 67 heavy (non-hydrogen) atoms. The van der Waals surface area contributed by atoms with Crippen LogP contribution in [0.25, 0.3) is 83.5 Å². The van der Waals surface area contributed by atoms with Crippen molar-refractivity contribution < 1.29 is 0 Å². The van der Waals surface area contributed by atoms with Crippen LogP contribution >= 0.6 is 0 Å². The SMILES string of the molecule is C=C/C=C(\C=C)c1ccc(-c2ccc(-c3ccc(N(c4ccc(-c5ccc(-c6ccccc6)cc5)cc4)c4ccc(-c5ccc(-c6ccccc6)cc5)cc4)cc3-c3ccccc3)cc2)cc1. The highest BCUT2D eigenvalue weighted by atomic mass is 15.1. The zero-order valence-electron chi connectivity index (χ0n) is 37.3. The Morgan fingerprint density at radius 2 is 0.582 bits per heavy atom. The average molecular weight is 856 g/mol. The number of benzene rings is 10. The van der Waals surface area contributed by atoms with Crippen LogP contribution in [0.1, 0.15) is 5.56 Å². The summed E-state index contributed by atoms with van der Waals surface area (Å²) in [5.74, 6) is 0. The Morgan fingerprint density at radius 1 is 0.284 bits per heavy atom. The number of rotatable bonds is 13. The van der Waals surface area contributed by atoms with Crippen molar-refractivity contribution in [3.63, 3.8) is 0 Å². The molecule has 318 valence electrons. The van der Waals surface area contributed by atoms with Crippen molar-refractivity contribution in [3.8, 4) is 77.9 Å². The van der Waals surface area contributed by atoms with Crippen LogP contribution in [-0.4, -0.2) is 0 Å². The molecule has 0 atom stereocenters. The Hall–Kier alpha value is -8.78. The lowest BCUT2D eigenvalue weighted by Gasteiger charge is -2.27. The van der Waals surface area contributed by atoms with Crippen LogP contribution in [0.5, 0.6) is 0 Å². The molecule has 10 rings (SSSR count). The van der Waals surface area contributed by atoms with E-state index in [1.165, 1.54) is 55.6 Å². The van der Waals surface area contributed by atoms with Gasteiger partial charge in [-0.25, -0.2) is 0 Å². The van der Waals surface area contributed by atoms with Gasteiger partial charge in [-0.15, -0.1) is 0 Å². The van der Waals surface area contributed by atoms with E-state index in [0.29, 0.717) is 0 Å². The maximum absolute atomic E-state index is 3.98. The summed E-state index contributed by atoms with van der Waals surface area (Å²) in [6, 6.07) is 91.9. The minimum Gasteiger partial charge on any atom is -0.310 e. The first kappa shape index (κ1) is 42.2. The lowest BCUT2D eigenvalue weighted by atomic mass is 9.92. The van der Waals surface area contributed by atoms with Crippen LogP contribution in [0.4, 0.5) is 17.1 Å². The molecular formula is C66H49N. The monoisotopic (exact) mass is 855 g/mol. The smallest absolute Gasteiger partial charge is 0.0468 e. The van der Waals surface area contributed by atoms with Crippen molar-refractivity contribution in [2.75, 3.05) is 4.90 Å². The summed E-state index contributed by atoms with van der Waals surface area (Å²) in [6.07, 6.45) is 5.65. The fourth-order valence-corrected chi connectivity index (χ4v) is 8.91. The number of hydrogen-bond acceptors (Lipinski definition) is 1. The third kappa shape index (κ3) is 9.27. The Balaban J connectivity index is 1.01. The standard InChI is InChI=1S/C66H49N/c1-3-14-48(4-2)51-21-23-54(24-22-51)57-33-35-61(36-34-57)65-46-45-64(47-66(65)60-19-12-7-13-20-60)67(62-41-37-58(38-42-62)55-29-25-52(26-30-55)49-15-8-5-9-16-49)63-43-39-59(40-44-63)56-31-27-53(28-32-56)50-17-10-6-11-18-50/h3-47H,1-2H2/b48-14+. The van der Waals surface area contributed by atoms with Gasteiger partial charge in [-0.2, -0.15) is 0 Å². The molecule has 0 amide bonds. The first-order valence-electron chi connectivity index (χ1n) is 22.8. The summed E-state index contributed by atoms with van der Waals surface area (Å²) in [7, 11) is 0. The molecule has 0 saturated carbocycles. The molecule has 10 aromatic carbocycles. The molecule has 0 radical (unpaired) electrons. The van der Waals surface area contributed by atoms with Gasteiger partial charge in [0.2, 0.25) is 0 Å². The first-order valence-corrected chi connectivity index (χ1v) is 22.8. The summed E-state index contributed by atoms with van der Waals surface area (Å²) in [6.45, 7) is 7.83. The van der Waals surface area contributed by atoms with Crippen LogP contribution in [0.15, 0.2) is 286 Å². The third-order valence-corrected chi connectivity index (χ3v) is 12.5. The minimum absolute atomic E-state index is 1.05. The average Bonchev–Trinajstić information content (AvgIpc) is 3.41. The van der Waals surface area contributed by atoms with Gasteiger partial charge in [-0.3, -0.25) is 0 Å². The number of nitrogens with zero attached hydrogens (tertiary/aromatic N) is 1. The normalized spacial score (nSPS) is 11.2. The Bertz CT molecular complexity index is 3150. The van der Waals surface area contributed by atoms with Crippen LogP contribution in [-0.2, 0) is 0 Å². The molecule has 10 aromatic rings. The van der Waals surface area contributed by atoms with Gasteiger partial charge in [-0.05, 0) is 125 Å². The first-order chi connectivity index (χ1) is 33.1. The molecule has 1 nitrogen and oxygen atoms in total. The summed E-state index contributed by atoms with van der Waals surface area (Å²) in [4.78, 5) is 2.37. The van der Waals surface area contributed by atoms with Gasteiger partial charge in [0.1, 0.15) is 0 Å². The van der Waals surface area contributed by atoms with Crippen molar-refractivity contribution in [2.24, 2.45) is 0 Å². The molecule has 0 unspecified atom stereocenters. The molecule has 0 bridgehead atoms. The topological polar surface area (TPSA) is 3.24 Å². The van der Waals surface area contributed by atoms with Crippen LogP contribution in [0.3, 0.4) is 0 Å². The van der Waals surface area contributed by atoms with Crippen LogP contribution < -0.4 is 4.90 Å². The molecule has 0 aliphatic heterocycles. The van der Waals surface area contributed by atoms with Crippen molar-refractivity contribution in [1.29, 1.82) is 0 Å². The summed E-state index contributed by atoms with van der Waals surface area (Å²) in [5.41, 5.74) is 21.9. The minimum atomic E-state index is 1.05. The molecule has 0 spiro atoms. The van der Waals surface area contributed by atoms with Crippen molar-refractivity contribution in [2.45, 2.75) is 0 Å². The number of hydrogen-bond donors (Lipinski definition) is 0. The van der Waals surface area contributed by atoms with Gasteiger partial charge in [0.05, 0.1) is 0 Å². The maximum atomic E-state index is 3.98. The number of allylic oxidation sites excluding steroid dienone is 4. The maximum Gasteiger partial charge on any atom is 0.0468 e. The highest BCUT2D eigenvalue weighted by Crippen LogP contribution is 2.42. The molecule has 1 heteroatoms. The number of anilines is 3. The molecule has 0 saturated heterocycles. The van der Waals surface area contributed by atoms with Gasteiger partial charge >= 0.3 is 0 Å². The molecule has 0 N–H and O–H groups in total. The molecule has 0 aliphatic carbocycles. The molecule has 0 fully saturated rings. The summed E-state index contributed by atoms with van der Waals surface area (Å²) < 4.78 is 0. The van der Waals surface area contributed by atoms with Gasteiger partial charge in [0.25, 0.3) is 0 Å². The zero-order chi connectivity index (χ0) is 45.4. The van der Waals surface area contributed by atoms with E-state index < -0.39 is 0 Å². The van der Waals surface area contributed by atoms with Crippen molar-refractivity contribution in [1.82, 2.24) is 0 Å². The van der Waals surface area contributed by atoms with E-state index in [1.807, 2.05) is 12.2 Å². The Labute approximate surface area is 395 Å². The zero-order valence-corrected chi connectivity index (χ0v) is 37.3. The lowest BCUT2D eigenvalue weighted by Crippen LogP contribution is -2.10. The second-order valence-electron chi connectivity index (χ2n) is 16.6. The lowest BCUT2D eigenvalue weighted by molar-refractivity contribution is 1.28. The van der Waals surface area contributed by atoms with E-state index >= 15 is 0 Å². The van der Waals surface area contributed by atoms with E-state index in [9.17, 15) is 0 Å². The van der Waals surface area contributed by atoms with E-state index in [2.05, 4.69) is 273 Å². The van der Waals surface area contributed by atoms with Gasteiger partial charge < -0.3 is 4.90 Å². The van der Waals surface area contributed by atoms with Crippen LogP contribution in [0.2, 0.25) is 0 Å². The fourth-order valence-electron chi connectivity index (χ4n) is 8.91. The van der Waals surface area contributed by atoms with Crippen LogP contribution in [0, 0.1) is 0 Å². The third-order valence-electron chi connectivity index (χ3n) is 12.5. The second-order valence-corrected chi connectivity index (χ2v) is 16.6. The molecule has 0 aliphatic rings. The summed E-state index contributed by atoms with van der Waals surface area (Å²) >= 11 is 0. The Morgan fingerprint density at radius 3 is 0.955 bits per heavy atom. The molecular weight excluding hydrogens is 807 g/mol. The second kappa shape index (κ2) is 19.5. The van der Waals surface area contributed by atoms with E-state index in [0.717, 1.165) is 50.5 Å². The predicted molar refractivity (Wildman–Crippen MR) is 288 cm³/mol. The van der Waals surface area contributed by atoms with Gasteiger partial charge in [0.15, 0.2) is 0 Å². The largest absolute Gasteiger partial charge is 0.310 e. The van der Waals surface area contributed by atoms with Gasteiger partial charge in [0, 0.05) is 17.1 Å². The molecule has 0 aromatic heterocycles. The van der Waals surface area contributed by atoms with Crippen molar-refractivity contribution >= 4 is 22.6 Å². The highest BCUT2D eigenvalue weighted by molar-refractivity contribution is 5.90. The quantitative estimate of drug-likeness (QED) is 0.104. The summed E-state index contributed by atoms with van der Waals surface area (Å²) in [5, 5.41) is 0.